The Morgan fingerprint density at radius 2 is 0.649 bits per heavy atom. The van der Waals surface area contributed by atoms with Crippen molar-refractivity contribution in [2.24, 2.45) is 0 Å². The first-order chi connectivity index (χ1) is 27.9. The molecule has 0 bridgehead atoms. The van der Waals surface area contributed by atoms with Gasteiger partial charge in [-0.15, -0.1) is 0 Å². The Morgan fingerprint density at radius 1 is 0.351 bits per heavy atom. The molecule has 0 aromatic heterocycles. The SMILES string of the molecule is CCCCCCCCC1=C(c2cc(CCCCC)cc(CCCCC)c2)[N+](=[N-])C(c2cc(CCCCC)cc(CCCCC)c2)=C1CCCC.CC[CH2][Ni][CH2]CC. The Bertz CT molecular complexity index is 1370. The molecule has 1 aliphatic heterocycles. The van der Waals surface area contributed by atoms with Crippen LogP contribution in [0.2, 0.25) is 10.8 Å². The summed E-state index contributed by atoms with van der Waals surface area (Å²) >= 11 is 1.90. The molecule has 0 unspecified atom stereocenters. The quantitative estimate of drug-likeness (QED) is 0.0399. The average Bonchev–Trinajstić information content (AvgIpc) is 3.49. The second-order valence-corrected chi connectivity index (χ2v) is 18.4. The van der Waals surface area contributed by atoms with Gasteiger partial charge in [-0.1, -0.05) is 144 Å². The number of nitrogens with zero attached hydrogens (tertiary/aromatic N) is 2. The molecular formula is C54H90N2Ni. The fourth-order valence-corrected chi connectivity index (χ4v) is 9.16. The topological polar surface area (TPSA) is 25.3 Å². The van der Waals surface area contributed by atoms with Crippen LogP contribution in [-0.4, -0.2) is 4.70 Å². The summed E-state index contributed by atoms with van der Waals surface area (Å²) in [5, 5.41) is 2.72. The molecule has 3 heteroatoms. The summed E-state index contributed by atoms with van der Waals surface area (Å²) in [5.41, 5.74) is 25.8. The van der Waals surface area contributed by atoms with E-state index in [0.29, 0.717) is 0 Å². The van der Waals surface area contributed by atoms with Crippen molar-refractivity contribution in [3.63, 3.8) is 0 Å². The number of hydrogen-bond donors (Lipinski definition) is 0. The molecule has 0 amide bonds. The minimum absolute atomic E-state index is 1.03. The summed E-state index contributed by atoms with van der Waals surface area (Å²) < 4.78 is 1.68. The van der Waals surface area contributed by atoms with E-state index in [0.717, 1.165) is 62.8 Å². The van der Waals surface area contributed by atoms with Gasteiger partial charge in [0.25, 0.3) is 0 Å². The molecule has 0 N–H and O–H groups in total. The number of benzene rings is 2. The van der Waals surface area contributed by atoms with E-state index in [4.69, 9.17) is 0 Å². The summed E-state index contributed by atoms with van der Waals surface area (Å²) in [6.45, 7) is 18.3. The van der Waals surface area contributed by atoms with E-state index in [2.05, 4.69) is 91.8 Å². The molecule has 2 aromatic carbocycles. The van der Waals surface area contributed by atoms with E-state index in [-0.39, 0.29) is 0 Å². The molecule has 0 atom stereocenters. The number of hydrogen-bond acceptors (Lipinski definition) is 0. The van der Waals surface area contributed by atoms with Crippen molar-refractivity contribution in [2.75, 3.05) is 0 Å². The van der Waals surface area contributed by atoms with Crippen LogP contribution in [-0.2, 0) is 40.1 Å². The average molecular weight is 826 g/mol. The molecule has 326 valence electrons. The van der Waals surface area contributed by atoms with Crippen molar-refractivity contribution in [1.82, 2.24) is 0 Å². The molecule has 0 aliphatic carbocycles. The van der Waals surface area contributed by atoms with Gasteiger partial charge in [0.1, 0.15) is 0 Å². The number of unbranched alkanes of at least 4 members (excludes halogenated alkanes) is 14. The third-order valence-corrected chi connectivity index (χ3v) is 13.1. The molecule has 1 heterocycles. The first kappa shape index (κ1) is 51.2. The van der Waals surface area contributed by atoms with Gasteiger partial charge in [0.05, 0.1) is 0 Å². The van der Waals surface area contributed by atoms with E-state index in [1.165, 1.54) is 184 Å². The molecule has 2 aromatic rings. The summed E-state index contributed by atoms with van der Waals surface area (Å²) in [4.78, 5) is 0. The Morgan fingerprint density at radius 3 is 1.00 bits per heavy atom. The second kappa shape index (κ2) is 32.8. The number of aryl methyl sites for hydroxylation is 4. The van der Waals surface area contributed by atoms with Gasteiger partial charge in [-0.25, -0.2) is 4.70 Å². The molecule has 0 spiro atoms. The maximum atomic E-state index is 12.6. The molecule has 0 saturated heterocycles. The van der Waals surface area contributed by atoms with Crippen LogP contribution in [0.5, 0.6) is 0 Å². The van der Waals surface area contributed by atoms with Crippen LogP contribution in [0, 0.1) is 0 Å². The molecule has 0 radical (unpaired) electrons. The van der Waals surface area contributed by atoms with Crippen LogP contribution < -0.4 is 0 Å². The molecule has 0 saturated carbocycles. The van der Waals surface area contributed by atoms with Gasteiger partial charge in [-0.05, 0) is 124 Å². The number of rotatable bonds is 32. The number of allylic oxidation sites excluding steroid dienone is 2. The third-order valence-electron chi connectivity index (χ3n) is 11.4. The van der Waals surface area contributed by atoms with Gasteiger partial charge >= 0.3 is 51.9 Å². The van der Waals surface area contributed by atoms with Crippen molar-refractivity contribution in [3.8, 4) is 0 Å². The minimum atomic E-state index is 1.03. The van der Waals surface area contributed by atoms with Crippen molar-refractivity contribution in [3.05, 3.63) is 86.5 Å². The third kappa shape index (κ3) is 19.8. The normalized spacial score (nSPS) is 12.9. The predicted octanol–water partition coefficient (Wildman–Crippen LogP) is 18.5. The standard InChI is InChI=1S/C48H76N2.2C3H7.Ni/c1-7-13-19-20-21-26-32-46-45(31-18-12-6)47(43-35-39(27-22-14-8-2)33-40(36-43)28-23-15-9-3)50(49)48(46)44-37-41(29-24-16-10-4)34-42(38-44)30-25-17-11-5;2*1-3-2;/h33-38H,7-32H2,1-6H3;2*1,3H2,2H3;. The van der Waals surface area contributed by atoms with Crippen LogP contribution in [0.25, 0.3) is 16.9 Å². The molecule has 3 rings (SSSR count). The molecule has 0 fully saturated rings. The first-order valence-corrected chi connectivity index (χ1v) is 26.0. The molecule has 1 aliphatic rings. The van der Waals surface area contributed by atoms with Gasteiger partial charge < -0.3 is 5.53 Å². The molecule has 2 nitrogen and oxygen atoms in total. The van der Waals surface area contributed by atoms with Crippen molar-refractivity contribution < 1.29 is 19.1 Å². The van der Waals surface area contributed by atoms with E-state index in [9.17, 15) is 5.53 Å². The van der Waals surface area contributed by atoms with Crippen LogP contribution in [0.4, 0.5) is 0 Å². The van der Waals surface area contributed by atoms with Crippen LogP contribution in [0.1, 0.15) is 243 Å². The second-order valence-electron chi connectivity index (χ2n) is 17.0. The van der Waals surface area contributed by atoms with Gasteiger partial charge in [-0.2, -0.15) is 0 Å². The Hall–Kier alpha value is -1.99. The fourth-order valence-electron chi connectivity index (χ4n) is 8.22. The maximum absolute atomic E-state index is 12.6. The Kier molecular flexibility index (Phi) is 29.5. The summed E-state index contributed by atoms with van der Waals surface area (Å²) in [5.74, 6) is 0. The monoisotopic (exact) mass is 825 g/mol. The zero-order chi connectivity index (χ0) is 41.5. The fraction of sp³-hybridized carbons (Fsp3) is 0.704. The van der Waals surface area contributed by atoms with Gasteiger partial charge in [-0.3, -0.25) is 0 Å². The predicted molar refractivity (Wildman–Crippen MR) is 251 cm³/mol. The van der Waals surface area contributed by atoms with Crippen molar-refractivity contribution in [1.29, 1.82) is 0 Å². The van der Waals surface area contributed by atoms with Gasteiger partial charge in [0.15, 0.2) is 0 Å². The summed E-state index contributed by atoms with van der Waals surface area (Å²) in [6.07, 6.45) is 34.3. The van der Waals surface area contributed by atoms with Gasteiger partial charge in [0.2, 0.25) is 11.4 Å². The molecular weight excluding hydrogens is 735 g/mol. The van der Waals surface area contributed by atoms with Crippen LogP contribution in [0.15, 0.2) is 47.5 Å². The van der Waals surface area contributed by atoms with Crippen LogP contribution in [0.3, 0.4) is 0 Å². The van der Waals surface area contributed by atoms with E-state index in [1.54, 1.807) is 4.70 Å². The van der Waals surface area contributed by atoms with Crippen molar-refractivity contribution in [2.45, 2.75) is 246 Å². The Balaban J connectivity index is 0.00000146. The Labute approximate surface area is 361 Å². The van der Waals surface area contributed by atoms with Gasteiger partial charge in [0, 0.05) is 22.3 Å². The molecule has 57 heavy (non-hydrogen) atoms. The van der Waals surface area contributed by atoms with E-state index in [1.807, 2.05) is 14.4 Å². The zero-order valence-corrected chi connectivity index (χ0v) is 39.9. The first-order valence-electron chi connectivity index (χ1n) is 24.6. The van der Waals surface area contributed by atoms with Crippen molar-refractivity contribution >= 4 is 11.4 Å². The van der Waals surface area contributed by atoms with Crippen LogP contribution >= 0.6 is 0 Å². The zero-order valence-electron chi connectivity index (χ0n) is 38.9. The summed E-state index contributed by atoms with van der Waals surface area (Å²) in [7, 11) is 0. The van der Waals surface area contributed by atoms with E-state index >= 15 is 0 Å². The summed E-state index contributed by atoms with van der Waals surface area (Å²) in [6, 6.07) is 14.7. The van der Waals surface area contributed by atoms with E-state index < -0.39 is 0 Å².